The van der Waals surface area contributed by atoms with E-state index in [0.717, 1.165) is 31.7 Å². The molecule has 0 fully saturated rings. The minimum Gasteiger partial charge on any atom is -0.356 e. The molecule has 0 aromatic heterocycles. The van der Waals surface area contributed by atoms with Gasteiger partial charge in [0.15, 0.2) is 0 Å². The van der Waals surface area contributed by atoms with Crippen molar-refractivity contribution < 1.29 is 4.79 Å². The van der Waals surface area contributed by atoms with Crippen molar-refractivity contribution in [1.29, 1.82) is 0 Å². The molecule has 0 aromatic rings. The van der Waals surface area contributed by atoms with E-state index in [1.807, 2.05) is 6.92 Å². The van der Waals surface area contributed by atoms with Crippen LogP contribution in [0.4, 0.5) is 0 Å². The molecule has 2 atom stereocenters. The molecule has 2 nitrogen and oxygen atoms in total. The smallest absolute Gasteiger partial charge is 0.223 e. The van der Waals surface area contributed by atoms with Gasteiger partial charge in [-0.1, -0.05) is 27.7 Å². The number of hydrogen-bond donors (Lipinski definition) is 1. The topological polar surface area (TPSA) is 29.1 Å². The molecule has 1 N–H and O–H groups in total. The van der Waals surface area contributed by atoms with Gasteiger partial charge in [-0.3, -0.25) is 4.79 Å². The molecule has 0 unspecified atom stereocenters. The van der Waals surface area contributed by atoms with Crippen LogP contribution in [0.3, 0.4) is 0 Å². The Hall–Kier alpha value is -0.530. The molecule has 0 saturated carbocycles. The Labute approximate surface area is 94.8 Å². The normalized spacial score (nSPS) is 15.1. The van der Waals surface area contributed by atoms with Crippen molar-refractivity contribution in [3.8, 4) is 0 Å². The molecule has 0 rings (SSSR count). The van der Waals surface area contributed by atoms with Crippen LogP contribution >= 0.6 is 0 Å². The van der Waals surface area contributed by atoms with Gasteiger partial charge in [0.2, 0.25) is 5.91 Å². The lowest BCUT2D eigenvalue weighted by molar-refractivity contribution is -0.125. The maximum atomic E-state index is 11.6. The summed E-state index contributed by atoms with van der Waals surface area (Å²) >= 11 is 0. The van der Waals surface area contributed by atoms with E-state index in [2.05, 4.69) is 33.0 Å². The standard InChI is InChI=1S/C13H27NO/c1-6-12(13(15)14-7-2)9-8-11(5)10(3)4/h10-12H,6-9H2,1-5H3,(H,14,15)/t11-,12-/m1/s1. The monoisotopic (exact) mass is 213 g/mol. The van der Waals surface area contributed by atoms with Gasteiger partial charge in [-0.2, -0.15) is 0 Å². The average Bonchev–Trinajstić information content (AvgIpc) is 2.18. The molecule has 0 radical (unpaired) electrons. The number of hydrogen-bond acceptors (Lipinski definition) is 1. The van der Waals surface area contributed by atoms with E-state index in [4.69, 9.17) is 0 Å². The fraction of sp³-hybridized carbons (Fsp3) is 0.923. The average molecular weight is 213 g/mol. The lowest BCUT2D eigenvalue weighted by Crippen LogP contribution is -2.30. The van der Waals surface area contributed by atoms with Crippen LogP contribution < -0.4 is 5.32 Å². The first-order chi connectivity index (χ1) is 7.02. The SMILES string of the molecule is CCNC(=O)[C@H](CC)CC[C@@H](C)C(C)C. The van der Waals surface area contributed by atoms with E-state index < -0.39 is 0 Å². The summed E-state index contributed by atoms with van der Waals surface area (Å²) in [5, 5.41) is 2.91. The summed E-state index contributed by atoms with van der Waals surface area (Å²) in [4.78, 5) is 11.6. The van der Waals surface area contributed by atoms with Crippen LogP contribution in [0, 0.1) is 17.8 Å². The lowest BCUT2D eigenvalue weighted by atomic mass is 9.88. The highest BCUT2D eigenvalue weighted by molar-refractivity contribution is 5.78. The largest absolute Gasteiger partial charge is 0.356 e. The third kappa shape index (κ3) is 5.81. The van der Waals surface area contributed by atoms with Crippen LogP contribution in [0.15, 0.2) is 0 Å². The number of nitrogens with one attached hydrogen (secondary N) is 1. The number of carbonyl (C=O) groups excluding carboxylic acids is 1. The zero-order valence-corrected chi connectivity index (χ0v) is 11.0. The van der Waals surface area contributed by atoms with E-state index >= 15 is 0 Å². The summed E-state index contributed by atoms with van der Waals surface area (Å²) in [6.07, 6.45) is 3.14. The Morgan fingerprint density at radius 2 is 1.73 bits per heavy atom. The first-order valence-electron chi connectivity index (χ1n) is 6.30. The molecular formula is C13H27NO. The second-order valence-corrected chi connectivity index (χ2v) is 4.80. The van der Waals surface area contributed by atoms with Gasteiger partial charge >= 0.3 is 0 Å². The molecular weight excluding hydrogens is 186 g/mol. The van der Waals surface area contributed by atoms with Crippen LogP contribution in [-0.2, 0) is 4.79 Å². The highest BCUT2D eigenvalue weighted by atomic mass is 16.1. The van der Waals surface area contributed by atoms with Crippen LogP contribution in [0.5, 0.6) is 0 Å². The molecule has 0 heterocycles. The maximum Gasteiger partial charge on any atom is 0.223 e. The van der Waals surface area contributed by atoms with E-state index in [1.54, 1.807) is 0 Å². The maximum absolute atomic E-state index is 11.6. The van der Waals surface area contributed by atoms with Crippen molar-refractivity contribution in [2.75, 3.05) is 6.54 Å². The molecule has 0 bridgehead atoms. The van der Waals surface area contributed by atoms with Gasteiger partial charge < -0.3 is 5.32 Å². The van der Waals surface area contributed by atoms with Crippen molar-refractivity contribution in [3.63, 3.8) is 0 Å². The molecule has 1 amide bonds. The number of carbonyl (C=O) groups is 1. The summed E-state index contributed by atoms with van der Waals surface area (Å²) in [6.45, 7) is 11.6. The predicted octanol–water partition coefficient (Wildman–Crippen LogP) is 3.22. The van der Waals surface area contributed by atoms with Gasteiger partial charge in [0, 0.05) is 12.5 Å². The van der Waals surface area contributed by atoms with Gasteiger partial charge in [-0.25, -0.2) is 0 Å². The van der Waals surface area contributed by atoms with Crippen LogP contribution in [0.2, 0.25) is 0 Å². The van der Waals surface area contributed by atoms with Gasteiger partial charge in [0.05, 0.1) is 0 Å². The Morgan fingerprint density at radius 1 is 1.13 bits per heavy atom. The highest BCUT2D eigenvalue weighted by Gasteiger charge is 2.17. The van der Waals surface area contributed by atoms with E-state index in [1.165, 1.54) is 0 Å². The third-order valence-corrected chi connectivity index (χ3v) is 3.32. The predicted molar refractivity (Wildman–Crippen MR) is 65.7 cm³/mol. The lowest BCUT2D eigenvalue weighted by Gasteiger charge is -2.19. The van der Waals surface area contributed by atoms with E-state index in [-0.39, 0.29) is 11.8 Å². The number of rotatable bonds is 7. The molecule has 90 valence electrons. The first kappa shape index (κ1) is 14.5. The molecule has 15 heavy (non-hydrogen) atoms. The fourth-order valence-corrected chi connectivity index (χ4v) is 1.64. The minimum absolute atomic E-state index is 0.214. The van der Waals surface area contributed by atoms with Crippen LogP contribution in [0.1, 0.15) is 53.9 Å². The summed E-state index contributed by atoms with van der Waals surface area (Å²) in [5.41, 5.74) is 0. The summed E-state index contributed by atoms with van der Waals surface area (Å²) < 4.78 is 0. The summed E-state index contributed by atoms with van der Waals surface area (Å²) in [5.74, 6) is 1.88. The van der Waals surface area contributed by atoms with Crippen molar-refractivity contribution in [2.24, 2.45) is 17.8 Å². The quantitative estimate of drug-likeness (QED) is 0.691. The van der Waals surface area contributed by atoms with Crippen LogP contribution in [0.25, 0.3) is 0 Å². The zero-order chi connectivity index (χ0) is 11.8. The van der Waals surface area contributed by atoms with Gasteiger partial charge in [0.25, 0.3) is 0 Å². The van der Waals surface area contributed by atoms with Crippen molar-refractivity contribution in [3.05, 3.63) is 0 Å². The molecule has 0 saturated heterocycles. The van der Waals surface area contributed by atoms with Gasteiger partial charge in [-0.15, -0.1) is 0 Å². The number of amides is 1. The molecule has 2 heteroatoms. The minimum atomic E-state index is 0.214. The molecule has 0 aliphatic heterocycles. The zero-order valence-electron chi connectivity index (χ0n) is 11.0. The fourth-order valence-electron chi connectivity index (χ4n) is 1.64. The summed E-state index contributed by atoms with van der Waals surface area (Å²) in [6, 6.07) is 0. The Balaban J connectivity index is 3.94. The third-order valence-electron chi connectivity index (χ3n) is 3.32. The van der Waals surface area contributed by atoms with E-state index in [9.17, 15) is 4.79 Å². The first-order valence-corrected chi connectivity index (χ1v) is 6.30. The molecule has 0 aromatic carbocycles. The van der Waals surface area contributed by atoms with Gasteiger partial charge in [-0.05, 0) is 38.0 Å². The molecule has 0 aliphatic rings. The van der Waals surface area contributed by atoms with E-state index in [0.29, 0.717) is 5.92 Å². The van der Waals surface area contributed by atoms with Crippen molar-refractivity contribution in [1.82, 2.24) is 5.32 Å². The Bertz CT molecular complexity index is 177. The molecule has 0 aliphatic carbocycles. The highest BCUT2D eigenvalue weighted by Crippen LogP contribution is 2.21. The van der Waals surface area contributed by atoms with Crippen LogP contribution in [-0.4, -0.2) is 12.5 Å². The van der Waals surface area contributed by atoms with Gasteiger partial charge in [0.1, 0.15) is 0 Å². The second-order valence-electron chi connectivity index (χ2n) is 4.80. The second kappa shape index (κ2) is 7.72. The molecule has 0 spiro atoms. The Kier molecular flexibility index (Phi) is 7.45. The Morgan fingerprint density at radius 3 is 2.13 bits per heavy atom. The van der Waals surface area contributed by atoms with Crippen molar-refractivity contribution in [2.45, 2.75) is 53.9 Å². The summed E-state index contributed by atoms with van der Waals surface area (Å²) in [7, 11) is 0. The van der Waals surface area contributed by atoms with Crippen molar-refractivity contribution >= 4 is 5.91 Å².